The second-order valence-electron chi connectivity index (χ2n) is 4.33. The lowest BCUT2D eigenvalue weighted by atomic mass is 10.1. The van der Waals surface area contributed by atoms with Gasteiger partial charge in [-0.15, -0.1) is 12.4 Å². The van der Waals surface area contributed by atoms with Crippen molar-refractivity contribution < 1.29 is 8.42 Å². The van der Waals surface area contributed by atoms with Crippen molar-refractivity contribution in [3.63, 3.8) is 0 Å². The molecule has 0 aliphatic rings. The van der Waals surface area contributed by atoms with Crippen LogP contribution < -0.4 is 10.5 Å². The quantitative estimate of drug-likeness (QED) is 0.834. The fourth-order valence-corrected chi connectivity index (χ4v) is 3.03. The molecule has 0 saturated carbocycles. The van der Waals surface area contributed by atoms with Crippen LogP contribution in [0.15, 0.2) is 41.6 Å². The fourth-order valence-electron chi connectivity index (χ4n) is 1.83. The summed E-state index contributed by atoms with van der Waals surface area (Å²) in [6.45, 7) is 3.07. The van der Waals surface area contributed by atoms with Gasteiger partial charge in [0.05, 0.1) is 6.20 Å². The van der Waals surface area contributed by atoms with Crippen LogP contribution in [0.25, 0.3) is 0 Å². The standard InChI is InChI=1S/C13H18N4O2S.ClH/c1-2-17-13(7-8-15-17)20(18,19)16-10-12-5-3-11(9-14)4-6-12;/h3-8,16H,2,9-10,14H2,1H3;1H. The molecule has 2 aromatic rings. The lowest BCUT2D eigenvalue weighted by molar-refractivity contribution is 0.543. The van der Waals surface area contributed by atoms with Gasteiger partial charge in [-0.25, -0.2) is 13.1 Å². The first-order chi connectivity index (χ1) is 9.56. The van der Waals surface area contributed by atoms with E-state index in [0.29, 0.717) is 13.1 Å². The molecule has 2 rings (SSSR count). The van der Waals surface area contributed by atoms with Crippen molar-refractivity contribution in [2.75, 3.05) is 0 Å². The van der Waals surface area contributed by atoms with Crippen LogP contribution in [0.3, 0.4) is 0 Å². The number of hydrogen-bond acceptors (Lipinski definition) is 4. The van der Waals surface area contributed by atoms with E-state index in [0.717, 1.165) is 11.1 Å². The molecule has 0 amide bonds. The third-order valence-corrected chi connectivity index (χ3v) is 4.40. The average Bonchev–Trinajstić information content (AvgIpc) is 2.95. The van der Waals surface area contributed by atoms with Crippen LogP contribution in [-0.2, 0) is 29.7 Å². The number of halogens is 1. The van der Waals surface area contributed by atoms with Crippen molar-refractivity contribution in [3.8, 4) is 0 Å². The van der Waals surface area contributed by atoms with E-state index in [1.165, 1.54) is 16.9 Å². The lowest BCUT2D eigenvalue weighted by Crippen LogP contribution is -2.25. The largest absolute Gasteiger partial charge is 0.326 e. The molecule has 6 nitrogen and oxygen atoms in total. The maximum Gasteiger partial charge on any atom is 0.258 e. The maximum absolute atomic E-state index is 12.2. The van der Waals surface area contributed by atoms with Crippen LogP contribution in [0.2, 0.25) is 0 Å². The van der Waals surface area contributed by atoms with E-state index in [4.69, 9.17) is 5.73 Å². The predicted octanol–water partition coefficient (Wildman–Crippen LogP) is 1.26. The summed E-state index contributed by atoms with van der Waals surface area (Å²) in [6, 6.07) is 8.99. The Bertz CT molecular complexity index is 668. The van der Waals surface area contributed by atoms with Crippen molar-refractivity contribution >= 4 is 22.4 Å². The summed E-state index contributed by atoms with van der Waals surface area (Å²) in [4.78, 5) is 0. The summed E-state index contributed by atoms with van der Waals surface area (Å²) in [7, 11) is -3.55. The third-order valence-electron chi connectivity index (χ3n) is 2.98. The molecular weight excluding hydrogens is 312 g/mol. The minimum atomic E-state index is -3.55. The highest BCUT2D eigenvalue weighted by Gasteiger charge is 2.18. The van der Waals surface area contributed by atoms with Gasteiger partial charge in [0, 0.05) is 19.6 Å². The molecule has 116 valence electrons. The molecular formula is C13H19ClN4O2S. The highest BCUT2D eigenvalue weighted by Crippen LogP contribution is 2.09. The Kier molecular flexibility index (Phi) is 6.35. The zero-order valence-corrected chi connectivity index (χ0v) is 13.3. The second-order valence-corrected chi connectivity index (χ2v) is 6.04. The van der Waals surface area contributed by atoms with Gasteiger partial charge in [0.1, 0.15) is 0 Å². The molecule has 0 bridgehead atoms. The highest BCUT2D eigenvalue weighted by atomic mass is 35.5. The van der Waals surface area contributed by atoms with Gasteiger partial charge >= 0.3 is 0 Å². The van der Waals surface area contributed by atoms with Gasteiger partial charge in [0.25, 0.3) is 10.0 Å². The van der Waals surface area contributed by atoms with Crippen LogP contribution in [0.1, 0.15) is 18.1 Å². The molecule has 0 atom stereocenters. The molecule has 1 aromatic carbocycles. The topological polar surface area (TPSA) is 90.0 Å². The van der Waals surface area contributed by atoms with Crippen molar-refractivity contribution in [1.29, 1.82) is 0 Å². The molecule has 8 heteroatoms. The van der Waals surface area contributed by atoms with E-state index in [1.54, 1.807) is 0 Å². The smallest absolute Gasteiger partial charge is 0.258 e. The molecule has 0 aliphatic carbocycles. The predicted molar refractivity (Wildman–Crippen MR) is 83.5 cm³/mol. The Morgan fingerprint density at radius 3 is 2.38 bits per heavy atom. The van der Waals surface area contributed by atoms with E-state index in [9.17, 15) is 8.42 Å². The monoisotopic (exact) mass is 330 g/mol. The van der Waals surface area contributed by atoms with Crippen molar-refractivity contribution in [3.05, 3.63) is 47.7 Å². The summed E-state index contributed by atoms with van der Waals surface area (Å²) < 4.78 is 28.4. The Balaban J connectivity index is 0.00000220. The van der Waals surface area contributed by atoms with Gasteiger partial charge in [-0.3, -0.25) is 4.68 Å². The minimum absolute atomic E-state index is 0. The number of aryl methyl sites for hydroxylation is 1. The van der Waals surface area contributed by atoms with Crippen molar-refractivity contribution in [2.24, 2.45) is 5.73 Å². The molecule has 0 saturated heterocycles. The van der Waals surface area contributed by atoms with Crippen LogP contribution in [0.5, 0.6) is 0 Å². The SMILES string of the molecule is CCn1nccc1S(=O)(=O)NCc1ccc(CN)cc1.Cl. The number of aromatic nitrogens is 2. The van der Waals surface area contributed by atoms with Crippen molar-refractivity contribution in [2.45, 2.75) is 31.6 Å². The molecule has 21 heavy (non-hydrogen) atoms. The van der Waals surface area contributed by atoms with Crippen LogP contribution >= 0.6 is 12.4 Å². The molecule has 0 spiro atoms. The third kappa shape index (κ3) is 4.28. The zero-order valence-electron chi connectivity index (χ0n) is 11.7. The first-order valence-corrected chi connectivity index (χ1v) is 7.84. The van der Waals surface area contributed by atoms with E-state index < -0.39 is 10.0 Å². The molecule has 0 unspecified atom stereocenters. The van der Waals surface area contributed by atoms with E-state index in [-0.39, 0.29) is 24.0 Å². The van der Waals surface area contributed by atoms with Gasteiger partial charge in [-0.05, 0) is 24.1 Å². The summed E-state index contributed by atoms with van der Waals surface area (Å²) >= 11 is 0. The average molecular weight is 331 g/mol. The normalized spacial score (nSPS) is 11.1. The molecule has 0 aliphatic heterocycles. The fraction of sp³-hybridized carbons (Fsp3) is 0.308. The van der Waals surface area contributed by atoms with E-state index >= 15 is 0 Å². The first kappa shape index (κ1) is 17.6. The molecule has 1 heterocycles. The number of benzene rings is 1. The van der Waals surface area contributed by atoms with Crippen LogP contribution in [0.4, 0.5) is 0 Å². The Hall–Kier alpha value is -1.41. The number of nitrogens with zero attached hydrogens (tertiary/aromatic N) is 2. The van der Waals surface area contributed by atoms with Crippen LogP contribution in [-0.4, -0.2) is 18.2 Å². The van der Waals surface area contributed by atoms with Crippen molar-refractivity contribution in [1.82, 2.24) is 14.5 Å². The summed E-state index contributed by atoms with van der Waals surface area (Å²) in [6.07, 6.45) is 1.48. The highest BCUT2D eigenvalue weighted by molar-refractivity contribution is 7.89. The Labute approximate surface area is 130 Å². The lowest BCUT2D eigenvalue weighted by Gasteiger charge is -2.08. The Morgan fingerprint density at radius 2 is 1.81 bits per heavy atom. The molecule has 1 aromatic heterocycles. The number of nitrogens with one attached hydrogen (secondary N) is 1. The van der Waals surface area contributed by atoms with Gasteiger partial charge in [0.15, 0.2) is 5.03 Å². The van der Waals surface area contributed by atoms with Gasteiger partial charge in [-0.1, -0.05) is 24.3 Å². The molecule has 3 N–H and O–H groups in total. The number of nitrogens with two attached hydrogens (primary N) is 1. The van der Waals surface area contributed by atoms with Crippen LogP contribution in [0, 0.1) is 0 Å². The maximum atomic E-state index is 12.2. The number of sulfonamides is 1. The number of rotatable bonds is 6. The van der Waals surface area contributed by atoms with Gasteiger partial charge < -0.3 is 5.73 Å². The first-order valence-electron chi connectivity index (χ1n) is 6.36. The number of hydrogen-bond donors (Lipinski definition) is 2. The van der Waals surface area contributed by atoms with E-state index in [1.807, 2.05) is 31.2 Å². The summed E-state index contributed by atoms with van der Waals surface area (Å²) in [5, 5.41) is 4.14. The zero-order chi connectivity index (χ0) is 14.6. The Morgan fingerprint density at radius 1 is 1.19 bits per heavy atom. The summed E-state index contributed by atoms with van der Waals surface area (Å²) in [5.41, 5.74) is 7.42. The van der Waals surface area contributed by atoms with Gasteiger partial charge in [-0.2, -0.15) is 5.10 Å². The minimum Gasteiger partial charge on any atom is -0.326 e. The molecule has 0 radical (unpaired) electrons. The van der Waals surface area contributed by atoms with Gasteiger partial charge in [0.2, 0.25) is 0 Å². The van der Waals surface area contributed by atoms with E-state index in [2.05, 4.69) is 9.82 Å². The second kappa shape index (κ2) is 7.56. The molecule has 0 fully saturated rings. The summed E-state index contributed by atoms with van der Waals surface area (Å²) in [5.74, 6) is 0.